The maximum absolute atomic E-state index is 12.4. The first-order valence-corrected chi connectivity index (χ1v) is 9.10. The van der Waals surface area contributed by atoms with Crippen LogP contribution in [-0.2, 0) is 11.3 Å². The molecule has 1 aromatic carbocycles. The molecule has 0 saturated carbocycles. The van der Waals surface area contributed by atoms with E-state index in [4.69, 9.17) is 0 Å². The van der Waals surface area contributed by atoms with Crippen molar-refractivity contribution in [2.24, 2.45) is 5.92 Å². The maximum atomic E-state index is 12.4. The first kappa shape index (κ1) is 17.0. The Bertz CT molecular complexity index is 694. The smallest absolute Gasteiger partial charge is 0.223 e. The van der Waals surface area contributed by atoms with E-state index in [0.29, 0.717) is 6.54 Å². The Kier molecular flexibility index (Phi) is 5.51. The molecule has 0 radical (unpaired) electrons. The number of hydrogen-bond acceptors (Lipinski definition) is 3. The van der Waals surface area contributed by atoms with Crippen molar-refractivity contribution in [3.8, 4) is 0 Å². The van der Waals surface area contributed by atoms with Crippen molar-refractivity contribution in [3.05, 3.63) is 58.3 Å². The van der Waals surface area contributed by atoms with Gasteiger partial charge in [-0.2, -0.15) is 0 Å². The molecule has 0 unspecified atom stereocenters. The zero-order chi connectivity index (χ0) is 16.9. The molecule has 1 saturated heterocycles. The Labute approximate surface area is 151 Å². The number of pyridine rings is 1. The summed E-state index contributed by atoms with van der Waals surface area (Å²) in [4.78, 5) is 18.9. The largest absolute Gasteiger partial charge is 0.370 e. The predicted molar refractivity (Wildman–Crippen MR) is 99.9 cm³/mol. The monoisotopic (exact) mass is 387 g/mol. The van der Waals surface area contributed by atoms with E-state index < -0.39 is 0 Å². The number of anilines is 1. The molecule has 24 heavy (non-hydrogen) atoms. The second-order valence-electron chi connectivity index (χ2n) is 6.33. The second kappa shape index (κ2) is 7.79. The van der Waals surface area contributed by atoms with Crippen molar-refractivity contribution in [1.29, 1.82) is 0 Å². The second-order valence-corrected chi connectivity index (χ2v) is 7.24. The number of aryl methyl sites for hydroxylation is 1. The molecular weight excluding hydrogens is 366 g/mol. The zero-order valence-electron chi connectivity index (χ0n) is 13.8. The van der Waals surface area contributed by atoms with Crippen LogP contribution in [0, 0.1) is 12.8 Å². The fourth-order valence-corrected chi connectivity index (χ4v) is 3.37. The van der Waals surface area contributed by atoms with Crippen LogP contribution in [0.2, 0.25) is 0 Å². The number of nitrogens with one attached hydrogen (secondary N) is 1. The van der Waals surface area contributed by atoms with E-state index in [0.717, 1.165) is 41.7 Å². The van der Waals surface area contributed by atoms with Gasteiger partial charge in [-0.3, -0.25) is 9.78 Å². The number of rotatable bonds is 4. The van der Waals surface area contributed by atoms with Gasteiger partial charge in [0.1, 0.15) is 0 Å². The van der Waals surface area contributed by atoms with E-state index in [1.165, 1.54) is 5.56 Å². The van der Waals surface area contributed by atoms with Crippen LogP contribution in [0.1, 0.15) is 24.0 Å². The van der Waals surface area contributed by atoms with E-state index in [2.05, 4.69) is 68.4 Å². The Hall–Kier alpha value is -1.88. The average molecular weight is 388 g/mol. The molecule has 1 amide bonds. The summed E-state index contributed by atoms with van der Waals surface area (Å²) in [5.74, 6) is 0.273. The molecular formula is C19H22BrN3O. The van der Waals surface area contributed by atoms with Crippen molar-refractivity contribution >= 4 is 27.5 Å². The number of aromatic nitrogens is 1. The van der Waals surface area contributed by atoms with Gasteiger partial charge in [-0.15, -0.1) is 0 Å². The molecule has 1 aromatic heterocycles. The van der Waals surface area contributed by atoms with Gasteiger partial charge < -0.3 is 10.2 Å². The first-order valence-electron chi connectivity index (χ1n) is 8.30. The number of amides is 1. The van der Waals surface area contributed by atoms with Crippen LogP contribution < -0.4 is 10.2 Å². The Morgan fingerprint density at radius 1 is 1.25 bits per heavy atom. The summed E-state index contributed by atoms with van der Waals surface area (Å²) in [5, 5.41) is 3.07. The Morgan fingerprint density at radius 2 is 1.96 bits per heavy atom. The normalized spacial score (nSPS) is 15.3. The maximum Gasteiger partial charge on any atom is 0.223 e. The van der Waals surface area contributed by atoms with Crippen LogP contribution in [0.25, 0.3) is 0 Å². The third-order valence-electron chi connectivity index (χ3n) is 4.51. The van der Waals surface area contributed by atoms with Crippen LogP contribution >= 0.6 is 15.9 Å². The minimum Gasteiger partial charge on any atom is -0.370 e. The molecule has 4 nitrogen and oxygen atoms in total. The first-order chi connectivity index (χ1) is 11.6. The fourth-order valence-electron chi connectivity index (χ4n) is 3.01. The van der Waals surface area contributed by atoms with Gasteiger partial charge in [-0.25, -0.2) is 0 Å². The fraction of sp³-hybridized carbons (Fsp3) is 0.368. The molecule has 1 aliphatic heterocycles. The minimum absolute atomic E-state index is 0.104. The highest BCUT2D eigenvalue weighted by atomic mass is 79.9. The van der Waals surface area contributed by atoms with Gasteiger partial charge in [0.2, 0.25) is 5.91 Å². The van der Waals surface area contributed by atoms with Crippen molar-refractivity contribution in [2.75, 3.05) is 18.0 Å². The van der Waals surface area contributed by atoms with Crippen LogP contribution in [0.3, 0.4) is 0 Å². The molecule has 0 spiro atoms. The van der Waals surface area contributed by atoms with E-state index in [9.17, 15) is 4.79 Å². The third-order valence-corrected chi connectivity index (χ3v) is 4.94. The van der Waals surface area contributed by atoms with Gasteiger partial charge in [0.05, 0.1) is 11.9 Å². The van der Waals surface area contributed by atoms with Gasteiger partial charge in [0.15, 0.2) is 0 Å². The highest BCUT2D eigenvalue weighted by Gasteiger charge is 2.25. The predicted octanol–water partition coefficient (Wildman–Crippen LogP) is 3.69. The highest BCUT2D eigenvalue weighted by Crippen LogP contribution is 2.24. The van der Waals surface area contributed by atoms with Gasteiger partial charge >= 0.3 is 0 Å². The molecule has 0 bridgehead atoms. The summed E-state index contributed by atoms with van der Waals surface area (Å²) in [6, 6.07) is 10.4. The summed E-state index contributed by atoms with van der Waals surface area (Å²) >= 11 is 3.46. The number of nitrogens with zero attached hydrogens (tertiary/aromatic N) is 2. The topological polar surface area (TPSA) is 45.2 Å². The van der Waals surface area contributed by atoms with Crippen LogP contribution in [0.4, 0.5) is 5.69 Å². The molecule has 2 aromatic rings. The summed E-state index contributed by atoms with van der Waals surface area (Å²) in [6.07, 6.45) is 5.43. The molecule has 3 rings (SSSR count). The van der Waals surface area contributed by atoms with Crippen LogP contribution in [-0.4, -0.2) is 24.0 Å². The van der Waals surface area contributed by atoms with Gasteiger partial charge in [0, 0.05) is 36.2 Å². The van der Waals surface area contributed by atoms with Crippen molar-refractivity contribution < 1.29 is 4.79 Å². The lowest BCUT2D eigenvalue weighted by molar-refractivity contribution is -0.125. The number of piperidine rings is 1. The third kappa shape index (κ3) is 4.35. The zero-order valence-corrected chi connectivity index (χ0v) is 15.4. The van der Waals surface area contributed by atoms with E-state index in [1.807, 2.05) is 6.20 Å². The number of hydrogen-bond donors (Lipinski definition) is 1. The molecule has 1 aliphatic rings. The van der Waals surface area contributed by atoms with Crippen LogP contribution in [0.15, 0.2) is 47.2 Å². The molecule has 2 heterocycles. The van der Waals surface area contributed by atoms with E-state index >= 15 is 0 Å². The number of benzene rings is 1. The molecule has 1 fully saturated rings. The summed E-state index contributed by atoms with van der Waals surface area (Å²) < 4.78 is 0.984. The molecule has 0 atom stereocenters. The van der Waals surface area contributed by atoms with Crippen molar-refractivity contribution in [1.82, 2.24) is 10.3 Å². The van der Waals surface area contributed by atoms with E-state index in [1.54, 1.807) is 6.20 Å². The quantitative estimate of drug-likeness (QED) is 0.869. The van der Waals surface area contributed by atoms with Crippen molar-refractivity contribution in [3.63, 3.8) is 0 Å². The van der Waals surface area contributed by atoms with Crippen molar-refractivity contribution in [2.45, 2.75) is 26.3 Å². The SMILES string of the molecule is Cc1ccc(CNC(=O)C2CCN(c3cncc(Br)c3)CC2)cc1. The van der Waals surface area contributed by atoms with Gasteiger partial charge in [0.25, 0.3) is 0 Å². The lowest BCUT2D eigenvalue weighted by atomic mass is 9.95. The standard InChI is InChI=1S/C19H22BrN3O/c1-14-2-4-15(5-3-14)11-22-19(24)16-6-8-23(9-7-16)18-10-17(20)12-21-13-18/h2-5,10,12-13,16H,6-9,11H2,1H3,(H,22,24). The average Bonchev–Trinajstić information content (AvgIpc) is 2.61. The molecule has 126 valence electrons. The Balaban J connectivity index is 1.49. The molecule has 5 heteroatoms. The van der Waals surface area contributed by atoms with Gasteiger partial charge in [-0.1, -0.05) is 29.8 Å². The Morgan fingerprint density at radius 3 is 2.62 bits per heavy atom. The summed E-state index contributed by atoms with van der Waals surface area (Å²) in [5.41, 5.74) is 3.49. The van der Waals surface area contributed by atoms with Crippen LogP contribution in [0.5, 0.6) is 0 Å². The van der Waals surface area contributed by atoms with E-state index in [-0.39, 0.29) is 11.8 Å². The lowest BCUT2D eigenvalue weighted by Gasteiger charge is -2.32. The lowest BCUT2D eigenvalue weighted by Crippen LogP contribution is -2.40. The number of carbonyl (C=O) groups is 1. The number of carbonyl (C=O) groups excluding carboxylic acids is 1. The molecule has 1 N–H and O–H groups in total. The summed E-state index contributed by atoms with van der Waals surface area (Å²) in [7, 11) is 0. The van der Waals surface area contributed by atoms with Gasteiger partial charge in [-0.05, 0) is 47.3 Å². The number of halogens is 1. The molecule has 0 aliphatic carbocycles. The highest BCUT2D eigenvalue weighted by molar-refractivity contribution is 9.10. The summed E-state index contributed by atoms with van der Waals surface area (Å²) in [6.45, 7) is 4.45. The minimum atomic E-state index is 0.104.